The van der Waals surface area contributed by atoms with Gasteiger partial charge in [0.2, 0.25) is 5.91 Å². The van der Waals surface area contributed by atoms with Crippen molar-refractivity contribution in [1.82, 2.24) is 10.2 Å². The van der Waals surface area contributed by atoms with Crippen LogP contribution in [0, 0.1) is 0 Å². The molecule has 0 unspecified atom stereocenters. The lowest BCUT2D eigenvalue weighted by atomic mass is 10.2. The van der Waals surface area contributed by atoms with E-state index in [1.54, 1.807) is 7.05 Å². The van der Waals surface area contributed by atoms with Crippen LogP contribution < -0.4 is 5.32 Å². The van der Waals surface area contributed by atoms with Crippen molar-refractivity contribution < 1.29 is 22.7 Å². The Morgan fingerprint density at radius 1 is 1.30 bits per heavy atom. The monoisotopic (exact) mass is 340 g/mol. The molecule has 1 aromatic rings. The van der Waals surface area contributed by atoms with Crippen molar-refractivity contribution in [3.63, 3.8) is 0 Å². The summed E-state index contributed by atoms with van der Waals surface area (Å²) in [5.74, 6) is -0.265. The highest BCUT2D eigenvalue weighted by atomic mass is 32.2. The van der Waals surface area contributed by atoms with E-state index in [2.05, 4.69) is 5.32 Å². The van der Waals surface area contributed by atoms with E-state index in [9.17, 15) is 18.0 Å². The van der Waals surface area contributed by atoms with Gasteiger partial charge in [0.15, 0.2) is 9.84 Å². The van der Waals surface area contributed by atoms with Gasteiger partial charge >= 0.3 is 6.09 Å². The molecule has 0 bridgehead atoms. The zero-order valence-electron chi connectivity index (χ0n) is 12.9. The molecule has 126 valence electrons. The molecule has 7 nitrogen and oxygen atoms in total. The highest BCUT2D eigenvalue weighted by Crippen LogP contribution is 2.16. The quantitative estimate of drug-likeness (QED) is 0.845. The topological polar surface area (TPSA) is 92.8 Å². The molecular weight excluding hydrogens is 320 g/mol. The van der Waals surface area contributed by atoms with E-state index in [-0.39, 0.29) is 36.6 Å². The van der Waals surface area contributed by atoms with Gasteiger partial charge in [-0.3, -0.25) is 4.79 Å². The van der Waals surface area contributed by atoms with Gasteiger partial charge in [-0.05, 0) is 12.0 Å². The van der Waals surface area contributed by atoms with Crippen LogP contribution in [0.4, 0.5) is 4.79 Å². The van der Waals surface area contributed by atoms with E-state index in [0.29, 0.717) is 6.42 Å². The highest BCUT2D eigenvalue weighted by Gasteiger charge is 2.32. The minimum absolute atomic E-state index is 0.0201. The van der Waals surface area contributed by atoms with Crippen LogP contribution in [-0.2, 0) is 26.0 Å². The Kier molecular flexibility index (Phi) is 5.59. The molecular formula is C15H20N2O5S. The lowest BCUT2D eigenvalue weighted by molar-refractivity contribution is -0.130. The molecule has 2 rings (SSSR count). The van der Waals surface area contributed by atoms with E-state index in [4.69, 9.17) is 4.74 Å². The van der Waals surface area contributed by atoms with E-state index >= 15 is 0 Å². The first-order valence-electron chi connectivity index (χ1n) is 7.28. The van der Waals surface area contributed by atoms with Crippen molar-refractivity contribution in [2.45, 2.75) is 19.1 Å². The number of ether oxygens (including phenoxy) is 1. The number of carbonyl (C=O) groups excluding carboxylic acids is 2. The minimum atomic E-state index is -3.05. The van der Waals surface area contributed by atoms with Gasteiger partial charge in [-0.15, -0.1) is 0 Å². The smallest absolute Gasteiger partial charge is 0.407 e. The average Bonchev–Trinajstić information content (AvgIpc) is 2.90. The van der Waals surface area contributed by atoms with Crippen LogP contribution in [0.25, 0.3) is 0 Å². The van der Waals surface area contributed by atoms with Crippen LogP contribution in [0.3, 0.4) is 0 Å². The second kappa shape index (κ2) is 7.45. The predicted molar refractivity (Wildman–Crippen MR) is 84.5 cm³/mol. The highest BCUT2D eigenvalue weighted by molar-refractivity contribution is 7.91. The van der Waals surface area contributed by atoms with Crippen molar-refractivity contribution in [3.8, 4) is 0 Å². The zero-order valence-corrected chi connectivity index (χ0v) is 13.7. The van der Waals surface area contributed by atoms with E-state index < -0.39 is 15.9 Å². The number of nitrogens with one attached hydrogen (secondary N) is 1. The summed E-state index contributed by atoms with van der Waals surface area (Å²) in [7, 11) is -1.50. The summed E-state index contributed by atoms with van der Waals surface area (Å²) in [6, 6.07) is 8.87. The Hall–Kier alpha value is -2.09. The molecule has 1 fully saturated rings. The predicted octanol–water partition coefficient (Wildman–Crippen LogP) is 0.558. The number of hydrogen-bond acceptors (Lipinski definition) is 5. The van der Waals surface area contributed by atoms with Crippen LogP contribution in [-0.4, -0.2) is 56.5 Å². The average molecular weight is 340 g/mol. The Bertz CT molecular complexity index is 660. The minimum Gasteiger partial charge on any atom is -0.445 e. The van der Waals surface area contributed by atoms with Gasteiger partial charge in [-0.25, -0.2) is 13.2 Å². The zero-order chi connectivity index (χ0) is 16.9. The number of sulfone groups is 1. The third-order valence-corrected chi connectivity index (χ3v) is 5.50. The Labute approximate surface area is 135 Å². The Morgan fingerprint density at radius 3 is 2.61 bits per heavy atom. The maximum Gasteiger partial charge on any atom is 0.407 e. The summed E-state index contributed by atoms with van der Waals surface area (Å²) in [5.41, 5.74) is 0.849. The van der Waals surface area contributed by atoms with Gasteiger partial charge < -0.3 is 15.0 Å². The molecule has 2 amide bonds. The molecule has 0 aliphatic carbocycles. The first-order chi connectivity index (χ1) is 10.9. The molecule has 1 aliphatic rings. The third kappa shape index (κ3) is 5.24. The second-order valence-electron chi connectivity index (χ2n) is 5.48. The maximum absolute atomic E-state index is 12.0. The Balaban J connectivity index is 1.72. The molecule has 1 N–H and O–H groups in total. The molecule has 8 heteroatoms. The van der Waals surface area contributed by atoms with Crippen molar-refractivity contribution in [2.75, 3.05) is 25.1 Å². The number of benzene rings is 1. The van der Waals surface area contributed by atoms with E-state index in [1.165, 1.54) is 4.90 Å². The van der Waals surface area contributed by atoms with Crippen molar-refractivity contribution >= 4 is 21.8 Å². The number of carbonyl (C=O) groups is 2. The lowest BCUT2D eigenvalue weighted by Crippen LogP contribution is -2.43. The van der Waals surface area contributed by atoms with E-state index in [0.717, 1.165) is 5.56 Å². The molecule has 1 aliphatic heterocycles. The fourth-order valence-electron chi connectivity index (χ4n) is 2.33. The van der Waals surface area contributed by atoms with Gasteiger partial charge in [-0.2, -0.15) is 0 Å². The summed E-state index contributed by atoms with van der Waals surface area (Å²) in [6.45, 7) is -0.0990. The molecule has 0 radical (unpaired) electrons. The van der Waals surface area contributed by atoms with Gasteiger partial charge in [0, 0.05) is 13.1 Å². The fraction of sp³-hybridized carbons (Fsp3) is 0.467. The van der Waals surface area contributed by atoms with Crippen LogP contribution in [0.1, 0.15) is 12.0 Å². The summed E-state index contributed by atoms with van der Waals surface area (Å²) >= 11 is 0. The first-order valence-corrected chi connectivity index (χ1v) is 9.10. The molecule has 0 spiro atoms. The molecule has 1 saturated heterocycles. The number of rotatable bonds is 5. The van der Waals surface area contributed by atoms with Crippen LogP contribution in [0.2, 0.25) is 0 Å². The summed E-state index contributed by atoms with van der Waals surface area (Å²) < 4.78 is 27.9. The van der Waals surface area contributed by atoms with E-state index in [1.807, 2.05) is 30.3 Å². The third-order valence-electron chi connectivity index (χ3n) is 3.75. The standard InChI is InChI=1S/C15H20N2O5S/c1-17(13-7-8-23(20,21)11-13)14(18)9-16-15(19)22-10-12-5-3-2-4-6-12/h2-6,13H,7-11H2,1H3,(H,16,19)/t13-/m1/s1. The molecule has 1 aromatic carbocycles. The van der Waals surface area contributed by atoms with Crippen molar-refractivity contribution in [1.29, 1.82) is 0 Å². The molecule has 0 saturated carbocycles. The van der Waals surface area contributed by atoms with Crippen LogP contribution in [0.5, 0.6) is 0 Å². The van der Waals surface area contributed by atoms with Crippen molar-refractivity contribution in [3.05, 3.63) is 35.9 Å². The van der Waals surface area contributed by atoms with Gasteiger partial charge in [0.1, 0.15) is 13.2 Å². The fourth-order valence-corrected chi connectivity index (χ4v) is 4.11. The number of alkyl carbamates (subject to hydrolysis) is 1. The molecule has 0 aromatic heterocycles. The summed E-state index contributed by atoms with van der Waals surface area (Å²) in [6.07, 6.45) is -0.252. The first kappa shape index (κ1) is 17.3. The lowest BCUT2D eigenvalue weighted by Gasteiger charge is -2.23. The summed E-state index contributed by atoms with van der Waals surface area (Å²) in [5, 5.41) is 2.38. The number of nitrogens with zero attached hydrogens (tertiary/aromatic N) is 1. The summed E-state index contributed by atoms with van der Waals surface area (Å²) in [4.78, 5) is 24.9. The largest absolute Gasteiger partial charge is 0.445 e. The normalized spacial score (nSPS) is 19.1. The maximum atomic E-state index is 12.0. The van der Waals surface area contributed by atoms with Crippen molar-refractivity contribution in [2.24, 2.45) is 0 Å². The van der Waals surface area contributed by atoms with Crippen LogP contribution in [0.15, 0.2) is 30.3 Å². The number of likely N-dealkylation sites (N-methyl/N-ethyl adjacent to an activating group) is 1. The Morgan fingerprint density at radius 2 is 2.00 bits per heavy atom. The number of hydrogen-bond donors (Lipinski definition) is 1. The van der Waals surface area contributed by atoms with Gasteiger partial charge in [0.25, 0.3) is 0 Å². The second-order valence-corrected chi connectivity index (χ2v) is 7.71. The molecule has 23 heavy (non-hydrogen) atoms. The van der Waals surface area contributed by atoms with Gasteiger partial charge in [0.05, 0.1) is 11.5 Å². The molecule has 1 heterocycles. The van der Waals surface area contributed by atoms with Crippen LogP contribution >= 0.6 is 0 Å². The number of amides is 2. The molecule has 1 atom stereocenters. The van der Waals surface area contributed by atoms with Gasteiger partial charge in [-0.1, -0.05) is 30.3 Å². The SMILES string of the molecule is CN(C(=O)CNC(=O)OCc1ccccc1)[C@@H]1CCS(=O)(=O)C1.